The number of aryl methyl sites for hydroxylation is 1. The van der Waals surface area contributed by atoms with Crippen molar-refractivity contribution in [2.24, 2.45) is 0 Å². The Morgan fingerprint density at radius 1 is 0.409 bits per heavy atom. The Hall–Kier alpha value is -4.76. The van der Waals surface area contributed by atoms with Gasteiger partial charge in [0.1, 0.15) is 0 Å². The zero-order valence-corrected chi connectivity index (χ0v) is 26.3. The summed E-state index contributed by atoms with van der Waals surface area (Å²) in [6.07, 6.45) is 4.20. The zero-order chi connectivity index (χ0) is 29.6. The van der Waals surface area contributed by atoms with Crippen LogP contribution in [0.25, 0.3) is 80.2 Å². The predicted molar refractivity (Wildman–Crippen MR) is 196 cm³/mol. The summed E-state index contributed by atoms with van der Waals surface area (Å²) in [6.45, 7) is 4.18. The van der Waals surface area contributed by atoms with Crippen molar-refractivity contribution in [2.75, 3.05) is 0 Å². The largest absolute Gasteiger partial charge is 0.134 e. The molecule has 2 heteroatoms. The molecule has 0 saturated carbocycles. The topological polar surface area (TPSA) is 0 Å². The van der Waals surface area contributed by atoms with Crippen LogP contribution in [-0.4, -0.2) is 0 Å². The van der Waals surface area contributed by atoms with E-state index in [0.717, 1.165) is 0 Å². The maximum Gasteiger partial charge on any atom is 0.0542 e. The van der Waals surface area contributed by atoms with E-state index in [1.807, 2.05) is 22.7 Å². The highest BCUT2D eigenvalue weighted by Gasteiger charge is 2.14. The summed E-state index contributed by atoms with van der Waals surface area (Å²) in [5.74, 6) is 0. The summed E-state index contributed by atoms with van der Waals surface area (Å²) in [5, 5.41) is 2.72. The third-order valence-corrected chi connectivity index (χ3v) is 11.0. The molecule has 0 atom stereocenters. The van der Waals surface area contributed by atoms with Crippen LogP contribution < -0.4 is 0 Å². The highest BCUT2D eigenvalue weighted by Crippen LogP contribution is 2.46. The molecule has 2 heterocycles. The summed E-state index contributed by atoms with van der Waals surface area (Å²) >= 11 is 3.84. The molecule has 8 rings (SSSR count). The van der Waals surface area contributed by atoms with Crippen LogP contribution in [0.2, 0.25) is 0 Å². The number of thiophene rings is 2. The van der Waals surface area contributed by atoms with Crippen molar-refractivity contribution in [3.05, 3.63) is 151 Å². The smallest absolute Gasteiger partial charge is 0.0542 e. The number of hydrogen-bond donors (Lipinski definition) is 0. The third-order valence-electron chi connectivity index (χ3n) is 8.51. The van der Waals surface area contributed by atoms with Crippen molar-refractivity contribution >= 4 is 58.3 Å². The van der Waals surface area contributed by atoms with Gasteiger partial charge in [-0.25, -0.2) is 0 Å². The average Bonchev–Trinajstić information content (AvgIpc) is 3.61. The minimum atomic E-state index is 1.23. The van der Waals surface area contributed by atoms with Gasteiger partial charge in [0.05, 0.1) is 9.40 Å². The van der Waals surface area contributed by atoms with Gasteiger partial charge in [0.15, 0.2) is 0 Å². The summed E-state index contributed by atoms with van der Waals surface area (Å²) in [5.41, 5.74) is 12.6. The normalized spacial score (nSPS) is 11.8. The molecule has 44 heavy (non-hydrogen) atoms. The number of hydrogen-bond acceptors (Lipinski definition) is 2. The molecule has 0 spiro atoms. The Morgan fingerprint density at radius 2 is 0.750 bits per heavy atom. The van der Waals surface area contributed by atoms with Crippen molar-refractivity contribution in [1.29, 1.82) is 0 Å². The second-order valence-corrected chi connectivity index (χ2v) is 13.5. The molecule has 0 nitrogen and oxygen atoms in total. The number of benzene rings is 6. The van der Waals surface area contributed by atoms with Gasteiger partial charge in [-0.05, 0) is 76.1 Å². The summed E-state index contributed by atoms with van der Waals surface area (Å²) < 4.78 is 5.50. The molecule has 0 radical (unpaired) electrons. The van der Waals surface area contributed by atoms with Crippen LogP contribution in [0.15, 0.2) is 140 Å². The van der Waals surface area contributed by atoms with E-state index >= 15 is 0 Å². The van der Waals surface area contributed by atoms with Crippen LogP contribution in [0, 0.1) is 6.92 Å². The Labute approximate surface area is 266 Å². The zero-order valence-electron chi connectivity index (χ0n) is 24.7. The van der Waals surface area contributed by atoms with E-state index in [2.05, 4.69) is 159 Å². The fraction of sp³-hybridized carbons (Fsp3) is 0.0476. The van der Waals surface area contributed by atoms with Crippen molar-refractivity contribution in [2.45, 2.75) is 13.8 Å². The maximum atomic E-state index is 2.36. The van der Waals surface area contributed by atoms with Gasteiger partial charge in [-0.15, -0.1) is 22.7 Å². The fourth-order valence-electron chi connectivity index (χ4n) is 6.05. The van der Waals surface area contributed by atoms with Gasteiger partial charge in [-0.3, -0.25) is 0 Å². The highest BCUT2D eigenvalue weighted by atomic mass is 32.1. The molecule has 0 amide bonds. The third kappa shape index (κ3) is 4.87. The molecular formula is C42H30S2. The minimum absolute atomic E-state index is 1.23. The number of fused-ring (bicyclic) bond motifs is 5. The molecule has 0 bridgehead atoms. The van der Waals surface area contributed by atoms with E-state index in [1.54, 1.807) is 0 Å². The first-order valence-corrected chi connectivity index (χ1v) is 16.7. The van der Waals surface area contributed by atoms with E-state index in [1.165, 1.54) is 85.2 Å². The number of rotatable bonds is 5. The fourth-order valence-corrected chi connectivity index (χ4v) is 8.78. The van der Waals surface area contributed by atoms with Gasteiger partial charge in [-0.1, -0.05) is 139 Å². The SMILES string of the molecule is CC=Cc1ccc(-c2ccc(-c3ccc4c(c3)sc3c5ccc(-c6ccc(-c7ccc(C)cc7)cc6)cc5sc43)cc2)cc1. The van der Waals surface area contributed by atoms with Crippen molar-refractivity contribution in [3.63, 3.8) is 0 Å². The highest BCUT2D eigenvalue weighted by molar-refractivity contribution is 7.36. The van der Waals surface area contributed by atoms with Gasteiger partial charge in [0.25, 0.3) is 0 Å². The van der Waals surface area contributed by atoms with E-state index in [0.29, 0.717) is 0 Å². The lowest BCUT2D eigenvalue weighted by Crippen LogP contribution is -1.81. The summed E-state index contributed by atoms with van der Waals surface area (Å²) in [7, 11) is 0. The molecular weight excluding hydrogens is 569 g/mol. The molecule has 2 aromatic heterocycles. The van der Waals surface area contributed by atoms with Crippen LogP contribution in [0.5, 0.6) is 0 Å². The van der Waals surface area contributed by atoms with Crippen LogP contribution in [-0.2, 0) is 0 Å². The van der Waals surface area contributed by atoms with Crippen LogP contribution >= 0.6 is 22.7 Å². The van der Waals surface area contributed by atoms with Gasteiger partial charge < -0.3 is 0 Å². The van der Waals surface area contributed by atoms with Crippen LogP contribution in [0.4, 0.5) is 0 Å². The Balaban J connectivity index is 1.07. The Kier molecular flexibility index (Phi) is 6.75. The molecule has 0 fully saturated rings. The molecule has 0 saturated heterocycles. The predicted octanol–water partition coefficient (Wildman–Crippen LogP) is 13.3. The quantitative estimate of drug-likeness (QED) is 0.185. The van der Waals surface area contributed by atoms with E-state index < -0.39 is 0 Å². The second-order valence-electron chi connectivity index (χ2n) is 11.4. The first kappa shape index (κ1) is 26.8. The summed E-state index contributed by atoms with van der Waals surface area (Å²) in [6, 6.07) is 49.3. The standard InChI is InChI=1S/C42H30S2/c1-3-4-28-7-11-30(12-8-28)32-15-19-34(20-16-32)36-22-24-38-40(26-36)44-41-37-23-21-35(25-39(37)43-42(38)41)33-17-13-31(14-18-33)29-9-5-27(2)6-10-29/h3-26H,1-2H3. The number of allylic oxidation sites excluding steroid dienone is 1. The lowest BCUT2D eigenvalue weighted by atomic mass is 9.99. The van der Waals surface area contributed by atoms with Gasteiger partial charge in [-0.2, -0.15) is 0 Å². The molecule has 6 aromatic carbocycles. The van der Waals surface area contributed by atoms with E-state index in [-0.39, 0.29) is 0 Å². The molecule has 0 aliphatic carbocycles. The van der Waals surface area contributed by atoms with E-state index in [9.17, 15) is 0 Å². The lowest BCUT2D eigenvalue weighted by molar-refractivity contribution is 1.47. The van der Waals surface area contributed by atoms with E-state index in [4.69, 9.17) is 0 Å². The van der Waals surface area contributed by atoms with Gasteiger partial charge in [0.2, 0.25) is 0 Å². The Morgan fingerprint density at radius 3 is 1.16 bits per heavy atom. The molecule has 0 unspecified atom stereocenters. The minimum Gasteiger partial charge on any atom is -0.134 e. The van der Waals surface area contributed by atoms with Crippen LogP contribution in [0.1, 0.15) is 18.1 Å². The molecule has 0 aliphatic heterocycles. The molecule has 0 aliphatic rings. The van der Waals surface area contributed by atoms with Crippen molar-refractivity contribution in [1.82, 2.24) is 0 Å². The summed E-state index contributed by atoms with van der Waals surface area (Å²) in [4.78, 5) is 0. The van der Waals surface area contributed by atoms with Crippen LogP contribution in [0.3, 0.4) is 0 Å². The molecule has 0 N–H and O–H groups in total. The molecule has 210 valence electrons. The second kappa shape index (κ2) is 11.1. The van der Waals surface area contributed by atoms with Crippen molar-refractivity contribution < 1.29 is 0 Å². The van der Waals surface area contributed by atoms with Crippen molar-refractivity contribution in [3.8, 4) is 44.5 Å². The van der Waals surface area contributed by atoms with Gasteiger partial charge in [0, 0.05) is 20.2 Å². The maximum absolute atomic E-state index is 2.36. The van der Waals surface area contributed by atoms with Gasteiger partial charge >= 0.3 is 0 Å². The first-order valence-electron chi connectivity index (χ1n) is 15.0. The first-order chi connectivity index (χ1) is 21.6. The lowest BCUT2D eigenvalue weighted by Gasteiger charge is -2.06. The average molecular weight is 599 g/mol. The Bertz CT molecular complexity index is 2290. The monoisotopic (exact) mass is 598 g/mol. The molecule has 8 aromatic rings.